The second-order valence-corrected chi connectivity index (χ2v) is 5.28. The quantitative estimate of drug-likeness (QED) is 0.580. The molecule has 1 aliphatic rings. The average Bonchev–Trinajstić information content (AvgIpc) is 2.24. The van der Waals surface area contributed by atoms with E-state index in [4.69, 9.17) is 5.11 Å². The molecule has 0 unspecified atom stereocenters. The van der Waals surface area contributed by atoms with Crippen molar-refractivity contribution in [3.05, 3.63) is 0 Å². The highest BCUT2D eigenvalue weighted by Gasteiger charge is 2.24. The van der Waals surface area contributed by atoms with Gasteiger partial charge in [-0.2, -0.15) is 0 Å². The number of likely N-dealkylation sites (tertiary alicyclic amines) is 1. The minimum absolute atomic E-state index is 0.383. The van der Waals surface area contributed by atoms with Crippen molar-refractivity contribution in [1.82, 2.24) is 4.90 Å². The predicted octanol–water partition coefficient (Wildman–Crippen LogP) is 3.05. The summed E-state index contributed by atoms with van der Waals surface area (Å²) in [6.45, 7) is 6.17. The molecule has 0 aromatic heterocycles. The summed E-state index contributed by atoms with van der Waals surface area (Å²) in [7, 11) is 0. The summed E-state index contributed by atoms with van der Waals surface area (Å²) in [5, 5.41) is 8.89. The van der Waals surface area contributed by atoms with Gasteiger partial charge in [-0.25, -0.2) is 0 Å². The highest BCUT2D eigenvalue weighted by atomic mass is 16.3. The van der Waals surface area contributed by atoms with Crippen LogP contribution in [0.3, 0.4) is 0 Å². The first-order chi connectivity index (χ1) is 7.86. The normalized spacial score (nSPS) is 17.6. The Balaban J connectivity index is 1.72. The van der Waals surface area contributed by atoms with Crippen LogP contribution in [0.5, 0.6) is 0 Å². The summed E-state index contributed by atoms with van der Waals surface area (Å²) < 4.78 is 0. The fourth-order valence-electron chi connectivity index (χ4n) is 2.44. The van der Waals surface area contributed by atoms with E-state index in [9.17, 15) is 0 Å². The third kappa shape index (κ3) is 5.86. The van der Waals surface area contributed by atoms with Crippen LogP contribution in [0.2, 0.25) is 0 Å². The van der Waals surface area contributed by atoms with Gasteiger partial charge in [0.2, 0.25) is 0 Å². The summed E-state index contributed by atoms with van der Waals surface area (Å²) >= 11 is 0. The third-order valence-corrected chi connectivity index (χ3v) is 3.62. The maximum atomic E-state index is 8.89. The SMILES string of the molecule is CCCCCCCCCCN1CC(CO)C1. The highest BCUT2D eigenvalue weighted by Crippen LogP contribution is 2.16. The van der Waals surface area contributed by atoms with Gasteiger partial charge in [-0.15, -0.1) is 0 Å². The molecule has 2 heteroatoms. The van der Waals surface area contributed by atoms with E-state index in [2.05, 4.69) is 11.8 Å². The molecular formula is C14H29NO. The van der Waals surface area contributed by atoms with Gasteiger partial charge in [0, 0.05) is 25.6 Å². The van der Waals surface area contributed by atoms with E-state index < -0.39 is 0 Å². The Morgan fingerprint density at radius 2 is 1.50 bits per heavy atom. The molecule has 1 saturated heterocycles. The largest absolute Gasteiger partial charge is 0.396 e. The zero-order valence-corrected chi connectivity index (χ0v) is 11.0. The number of nitrogens with zero attached hydrogens (tertiary/aromatic N) is 1. The van der Waals surface area contributed by atoms with Crippen molar-refractivity contribution < 1.29 is 5.11 Å². The molecule has 16 heavy (non-hydrogen) atoms. The van der Waals surface area contributed by atoms with Gasteiger partial charge in [0.05, 0.1) is 0 Å². The van der Waals surface area contributed by atoms with Crippen LogP contribution in [0, 0.1) is 5.92 Å². The fraction of sp³-hybridized carbons (Fsp3) is 1.00. The standard InChI is InChI=1S/C14H29NO/c1-2-3-4-5-6-7-8-9-10-15-11-14(12-15)13-16/h14,16H,2-13H2,1H3. The van der Waals surface area contributed by atoms with Gasteiger partial charge in [-0.1, -0.05) is 51.9 Å². The van der Waals surface area contributed by atoms with E-state index >= 15 is 0 Å². The fourth-order valence-corrected chi connectivity index (χ4v) is 2.44. The van der Waals surface area contributed by atoms with E-state index in [0.717, 1.165) is 13.1 Å². The van der Waals surface area contributed by atoms with Crippen molar-refractivity contribution in [2.24, 2.45) is 5.92 Å². The predicted molar refractivity (Wildman–Crippen MR) is 69.6 cm³/mol. The molecular weight excluding hydrogens is 198 g/mol. The Bertz CT molecular complexity index is 155. The van der Waals surface area contributed by atoms with Gasteiger partial charge >= 0.3 is 0 Å². The number of aliphatic hydroxyl groups excluding tert-OH is 1. The molecule has 1 heterocycles. The van der Waals surface area contributed by atoms with Gasteiger partial charge in [0.15, 0.2) is 0 Å². The molecule has 0 atom stereocenters. The third-order valence-electron chi connectivity index (χ3n) is 3.62. The first-order valence-corrected chi connectivity index (χ1v) is 7.20. The lowest BCUT2D eigenvalue weighted by Crippen LogP contribution is -2.48. The maximum absolute atomic E-state index is 8.89. The second-order valence-electron chi connectivity index (χ2n) is 5.28. The van der Waals surface area contributed by atoms with Crippen LogP contribution in [-0.4, -0.2) is 36.2 Å². The molecule has 0 spiro atoms. The van der Waals surface area contributed by atoms with Crippen molar-refractivity contribution in [1.29, 1.82) is 0 Å². The topological polar surface area (TPSA) is 23.5 Å². The van der Waals surface area contributed by atoms with Crippen LogP contribution in [0.1, 0.15) is 58.3 Å². The Hall–Kier alpha value is -0.0800. The molecule has 2 nitrogen and oxygen atoms in total. The first kappa shape index (κ1) is 14.0. The molecule has 0 bridgehead atoms. The van der Waals surface area contributed by atoms with Crippen molar-refractivity contribution in [3.8, 4) is 0 Å². The Morgan fingerprint density at radius 1 is 0.938 bits per heavy atom. The number of aliphatic hydroxyl groups is 1. The van der Waals surface area contributed by atoms with Crippen LogP contribution in [0.4, 0.5) is 0 Å². The molecule has 96 valence electrons. The minimum atomic E-state index is 0.383. The van der Waals surface area contributed by atoms with E-state index in [1.807, 2.05) is 0 Å². The lowest BCUT2D eigenvalue weighted by Gasteiger charge is -2.38. The number of rotatable bonds is 10. The molecule has 0 aliphatic carbocycles. The van der Waals surface area contributed by atoms with E-state index in [1.54, 1.807) is 0 Å². The lowest BCUT2D eigenvalue weighted by atomic mass is 10.0. The van der Waals surface area contributed by atoms with Gasteiger partial charge in [-0.3, -0.25) is 0 Å². The zero-order chi connectivity index (χ0) is 11.6. The van der Waals surface area contributed by atoms with Gasteiger partial charge in [0.25, 0.3) is 0 Å². The summed E-state index contributed by atoms with van der Waals surface area (Å²) in [4.78, 5) is 2.47. The van der Waals surface area contributed by atoms with Gasteiger partial charge in [-0.05, 0) is 13.0 Å². The minimum Gasteiger partial charge on any atom is -0.396 e. The van der Waals surface area contributed by atoms with Crippen LogP contribution >= 0.6 is 0 Å². The van der Waals surface area contributed by atoms with Crippen molar-refractivity contribution in [2.45, 2.75) is 58.3 Å². The molecule has 1 fully saturated rings. The van der Waals surface area contributed by atoms with Gasteiger partial charge in [0.1, 0.15) is 0 Å². The second kappa shape index (κ2) is 9.00. The summed E-state index contributed by atoms with van der Waals surface area (Å²) in [5.74, 6) is 0.578. The van der Waals surface area contributed by atoms with E-state index in [-0.39, 0.29) is 0 Å². The van der Waals surface area contributed by atoms with Crippen molar-refractivity contribution in [3.63, 3.8) is 0 Å². The first-order valence-electron chi connectivity index (χ1n) is 7.20. The maximum Gasteiger partial charge on any atom is 0.0483 e. The van der Waals surface area contributed by atoms with Crippen molar-refractivity contribution >= 4 is 0 Å². The molecule has 0 aromatic carbocycles. The molecule has 1 rings (SSSR count). The van der Waals surface area contributed by atoms with Crippen LogP contribution in [0.25, 0.3) is 0 Å². The van der Waals surface area contributed by atoms with E-state index in [1.165, 1.54) is 57.9 Å². The molecule has 0 amide bonds. The van der Waals surface area contributed by atoms with Crippen LogP contribution in [0.15, 0.2) is 0 Å². The molecule has 1 N–H and O–H groups in total. The zero-order valence-electron chi connectivity index (χ0n) is 11.0. The number of hydrogen-bond acceptors (Lipinski definition) is 2. The molecule has 1 aliphatic heterocycles. The van der Waals surface area contributed by atoms with E-state index in [0.29, 0.717) is 12.5 Å². The highest BCUT2D eigenvalue weighted by molar-refractivity contribution is 4.78. The van der Waals surface area contributed by atoms with Gasteiger partial charge < -0.3 is 10.0 Å². The Kier molecular flexibility index (Phi) is 7.87. The smallest absolute Gasteiger partial charge is 0.0483 e. The molecule has 0 saturated carbocycles. The van der Waals surface area contributed by atoms with Crippen LogP contribution < -0.4 is 0 Å². The van der Waals surface area contributed by atoms with Crippen LogP contribution in [-0.2, 0) is 0 Å². The number of unbranched alkanes of at least 4 members (excludes halogenated alkanes) is 7. The molecule has 0 radical (unpaired) electrons. The summed E-state index contributed by atoms with van der Waals surface area (Å²) in [6.07, 6.45) is 11.2. The summed E-state index contributed by atoms with van der Waals surface area (Å²) in [6, 6.07) is 0. The summed E-state index contributed by atoms with van der Waals surface area (Å²) in [5.41, 5.74) is 0. The Labute approximate surface area is 101 Å². The van der Waals surface area contributed by atoms with Crippen molar-refractivity contribution in [2.75, 3.05) is 26.2 Å². The monoisotopic (exact) mass is 227 g/mol. The number of hydrogen-bond donors (Lipinski definition) is 1. The average molecular weight is 227 g/mol. The Morgan fingerprint density at radius 3 is 2.06 bits per heavy atom. The lowest BCUT2D eigenvalue weighted by molar-refractivity contribution is 0.0527. The molecule has 0 aromatic rings.